The third-order valence-electron chi connectivity index (χ3n) is 3.60. The maximum absolute atomic E-state index is 11.7. The number of hydrogen-bond donors (Lipinski definition) is 2. The summed E-state index contributed by atoms with van der Waals surface area (Å²) in [6.45, 7) is 5.05. The summed E-state index contributed by atoms with van der Waals surface area (Å²) < 4.78 is 0. The first kappa shape index (κ1) is 15.4. The summed E-state index contributed by atoms with van der Waals surface area (Å²) in [7, 11) is 0. The van der Waals surface area contributed by atoms with Gasteiger partial charge in [0.05, 0.1) is 5.75 Å². The number of carbonyl (C=O) groups excluding carboxylic acids is 1. The molecule has 112 valence electrons. The van der Waals surface area contributed by atoms with E-state index < -0.39 is 0 Å². The van der Waals surface area contributed by atoms with Crippen LogP contribution in [-0.2, 0) is 4.79 Å². The van der Waals surface area contributed by atoms with E-state index in [1.165, 1.54) is 37.4 Å². The van der Waals surface area contributed by atoms with Gasteiger partial charge in [0.2, 0.25) is 11.1 Å². The van der Waals surface area contributed by atoms with Crippen LogP contribution in [0.25, 0.3) is 0 Å². The van der Waals surface area contributed by atoms with E-state index in [0.717, 1.165) is 18.8 Å². The number of hydrogen-bond acceptors (Lipinski definition) is 4. The van der Waals surface area contributed by atoms with E-state index in [1.54, 1.807) is 0 Å². The summed E-state index contributed by atoms with van der Waals surface area (Å²) in [4.78, 5) is 16.2. The second-order valence-corrected chi connectivity index (χ2v) is 6.75. The standard InChI is InChI=1S/C14H24N4OS/c1-10(2)7-8-15-12(19)9-20-14-16-13(17-18-14)11-5-3-4-6-11/h10-11H,3-9H2,1-2H3,(H,15,19)(H,16,17,18). The molecule has 1 saturated carbocycles. The summed E-state index contributed by atoms with van der Waals surface area (Å²) in [6, 6.07) is 0. The van der Waals surface area contributed by atoms with Gasteiger partial charge in [-0.25, -0.2) is 4.98 Å². The summed E-state index contributed by atoms with van der Waals surface area (Å²) >= 11 is 1.40. The van der Waals surface area contributed by atoms with Gasteiger partial charge in [-0.1, -0.05) is 38.5 Å². The van der Waals surface area contributed by atoms with Crippen LogP contribution in [0.2, 0.25) is 0 Å². The Hall–Kier alpha value is -1.04. The molecule has 2 N–H and O–H groups in total. The van der Waals surface area contributed by atoms with Crippen LogP contribution in [-0.4, -0.2) is 33.4 Å². The van der Waals surface area contributed by atoms with Gasteiger partial charge in [-0.05, 0) is 25.2 Å². The first-order valence-corrected chi connectivity index (χ1v) is 8.45. The summed E-state index contributed by atoms with van der Waals surface area (Å²) in [5.41, 5.74) is 0. The lowest BCUT2D eigenvalue weighted by molar-refractivity contribution is -0.118. The Labute approximate surface area is 124 Å². The maximum Gasteiger partial charge on any atom is 0.230 e. The van der Waals surface area contributed by atoms with Crippen LogP contribution in [0, 0.1) is 5.92 Å². The van der Waals surface area contributed by atoms with Crippen LogP contribution in [0.4, 0.5) is 0 Å². The Balaban J connectivity index is 1.69. The summed E-state index contributed by atoms with van der Waals surface area (Å²) in [5, 5.41) is 10.8. The fourth-order valence-corrected chi connectivity index (χ4v) is 3.02. The maximum atomic E-state index is 11.7. The second kappa shape index (κ2) is 7.67. The molecule has 1 fully saturated rings. The number of aromatic amines is 1. The number of carbonyl (C=O) groups is 1. The third kappa shape index (κ3) is 4.81. The molecule has 0 bridgehead atoms. The minimum Gasteiger partial charge on any atom is -0.355 e. The highest BCUT2D eigenvalue weighted by molar-refractivity contribution is 7.99. The number of nitrogens with one attached hydrogen (secondary N) is 2. The Morgan fingerprint density at radius 2 is 2.20 bits per heavy atom. The number of thioether (sulfide) groups is 1. The van der Waals surface area contributed by atoms with Gasteiger partial charge in [0.25, 0.3) is 0 Å². The molecule has 0 aromatic carbocycles. The highest BCUT2D eigenvalue weighted by atomic mass is 32.2. The van der Waals surface area contributed by atoms with Crippen LogP contribution in [0.3, 0.4) is 0 Å². The van der Waals surface area contributed by atoms with Crippen molar-refractivity contribution in [3.8, 4) is 0 Å². The third-order valence-corrected chi connectivity index (χ3v) is 4.45. The predicted octanol–water partition coefficient (Wildman–Crippen LogP) is 2.72. The fraction of sp³-hybridized carbons (Fsp3) is 0.786. The Kier molecular flexibility index (Phi) is 5.88. The first-order chi connectivity index (χ1) is 9.65. The molecule has 1 aromatic rings. The molecule has 1 aliphatic rings. The predicted molar refractivity (Wildman–Crippen MR) is 80.8 cm³/mol. The fourth-order valence-electron chi connectivity index (χ4n) is 2.39. The Morgan fingerprint density at radius 3 is 2.90 bits per heavy atom. The number of rotatable bonds is 7. The van der Waals surface area contributed by atoms with Gasteiger partial charge in [0, 0.05) is 12.5 Å². The molecular formula is C14H24N4OS. The van der Waals surface area contributed by atoms with Crippen molar-refractivity contribution in [3.63, 3.8) is 0 Å². The monoisotopic (exact) mass is 296 g/mol. The van der Waals surface area contributed by atoms with Crippen LogP contribution in [0.1, 0.15) is 57.7 Å². The van der Waals surface area contributed by atoms with Gasteiger partial charge < -0.3 is 5.32 Å². The van der Waals surface area contributed by atoms with Crippen molar-refractivity contribution in [1.82, 2.24) is 20.5 Å². The van der Waals surface area contributed by atoms with E-state index >= 15 is 0 Å². The lowest BCUT2D eigenvalue weighted by Crippen LogP contribution is -2.26. The zero-order valence-corrected chi connectivity index (χ0v) is 13.1. The SMILES string of the molecule is CC(C)CCNC(=O)CSc1n[nH]c(C2CCCC2)n1. The number of H-pyrrole nitrogens is 1. The molecule has 0 unspecified atom stereocenters. The molecular weight excluding hydrogens is 272 g/mol. The van der Waals surface area contributed by atoms with Crippen LogP contribution < -0.4 is 5.32 Å². The first-order valence-electron chi connectivity index (χ1n) is 7.47. The van der Waals surface area contributed by atoms with Gasteiger partial charge >= 0.3 is 0 Å². The van der Waals surface area contributed by atoms with Crippen molar-refractivity contribution in [2.75, 3.05) is 12.3 Å². The Morgan fingerprint density at radius 1 is 1.45 bits per heavy atom. The molecule has 0 atom stereocenters. The van der Waals surface area contributed by atoms with Gasteiger partial charge in [-0.2, -0.15) is 0 Å². The molecule has 1 aromatic heterocycles. The molecule has 1 amide bonds. The van der Waals surface area contributed by atoms with E-state index in [2.05, 4.69) is 34.3 Å². The largest absolute Gasteiger partial charge is 0.355 e. The molecule has 6 heteroatoms. The molecule has 20 heavy (non-hydrogen) atoms. The quantitative estimate of drug-likeness (QED) is 0.759. The van der Waals surface area contributed by atoms with Crippen molar-refractivity contribution in [3.05, 3.63) is 5.82 Å². The van der Waals surface area contributed by atoms with Crippen LogP contribution in [0.15, 0.2) is 5.16 Å². The van der Waals surface area contributed by atoms with Gasteiger partial charge in [0.1, 0.15) is 5.82 Å². The molecule has 5 nitrogen and oxygen atoms in total. The van der Waals surface area contributed by atoms with Crippen molar-refractivity contribution in [2.24, 2.45) is 5.92 Å². The molecule has 1 heterocycles. The molecule has 2 rings (SSSR count). The van der Waals surface area contributed by atoms with Gasteiger partial charge in [0.15, 0.2) is 0 Å². The number of nitrogens with zero attached hydrogens (tertiary/aromatic N) is 2. The average Bonchev–Trinajstić information content (AvgIpc) is 3.06. The Bertz CT molecular complexity index is 427. The topological polar surface area (TPSA) is 70.7 Å². The van der Waals surface area contributed by atoms with E-state index in [4.69, 9.17) is 0 Å². The van der Waals surface area contributed by atoms with E-state index in [0.29, 0.717) is 22.7 Å². The summed E-state index contributed by atoms with van der Waals surface area (Å²) in [6.07, 6.45) is 5.99. The van der Waals surface area contributed by atoms with E-state index in [1.807, 2.05) is 0 Å². The smallest absolute Gasteiger partial charge is 0.230 e. The molecule has 0 spiro atoms. The lowest BCUT2D eigenvalue weighted by Gasteiger charge is -2.06. The average molecular weight is 296 g/mol. The van der Waals surface area contributed by atoms with Crippen LogP contribution in [0.5, 0.6) is 0 Å². The molecule has 1 aliphatic carbocycles. The van der Waals surface area contributed by atoms with Crippen molar-refractivity contribution in [1.29, 1.82) is 0 Å². The zero-order valence-electron chi connectivity index (χ0n) is 12.3. The zero-order chi connectivity index (χ0) is 14.4. The molecule has 0 saturated heterocycles. The normalized spacial score (nSPS) is 15.9. The highest BCUT2D eigenvalue weighted by Gasteiger charge is 2.20. The number of aromatic nitrogens is 3. The van der Waals surface area contributed by atoms with Crippen molar-refractivity contribution in [2.45, 2.75) is 57.0 Å². The van der Waals surface area contributed by atoms with E-state index in [9.17, 15) is 4.79 Å². The molecule has 0 radical (unpaired) electrons. The van der Waals surface area contributed by atoms with Gasteiger partial charge in [-0.15, -0.1) is 5.10 Å². The second-order valence-electron chi connectivity index (χ2n) is 5.81. The summed E-state index contributed by atoms with van der Waals surface area (Å²) in [5.74, 6) is 2.59. The van der Waals surface area contributed by atoms with Crippen LogP contribution >= 0.6 is 11.8 Å². The highest BCUT2D eigenvalue weighted by Crippen LogP contribution is 2.32. The minimum atomic E-state index is 0.0582. The number of amides is 1. The van der Waals surface area contributed by atoms with Crippen molar-refractivity contribution >= 4 is 17.7 Å². The lowest BCUT2D eigenvalue weighted by atomic mass is 10.1. The van der Waals surface area contributed by atoms with E-state index in [-0.39, 0.29) is 5.91 Å². The van der Waals surface area contributed by atoms with Crippen molar-refractivity contribution < 1.29 is 4.79 Å². The minimum absolute atomic E-state index is 0.0582. The molecule has 0 aliphatic heterocycles. The van der Waals surface area contributed by atoms with Gasteiger partial charge in [-0.3, -0.25) is 9.89 Å².